The monoisotopic (exact) mass is 397 g/mol. The van der Waals surface area contributed by atoms with Gasteiger partial charge in [-0.2, -0.15) is 0 Å². The Labute approximate surface area is 167 Å². The molecule has 0 saturated heterocycles. The van der Waals surface area contributed by atoms with Gasteiger partial charge in [-0.1, -0.05) is 0 Å². The van der Waals surface area contributed by atoms with E-state index in [1.54, 1.807) is 39.3 Å². The van der Waals surface area contributed by atoms with Crippen LogP contribution in [0.3, 0.4) is 0 Å². The van der Waals surface area contributed by atoms with Crippen LogP contribution in [-0.4, -0.2) is 28.7 Å². The average molecular weight is 397 g/mol. The molecule has 3 aromatic rings. The normalized spacial score (nSPS) is 14.3. The van der Waals surface area contributed by atoms with E-state index in [1.165, 1.54) is 10.9 Å². The number of rotatable bonds is 5. The number of aromatic nitrogens is 2. The van der Waals surface area contributed by atoms with Gasteiger partial charge in [0.15, 0.2) is 11.5 Å². The summed E-state index contributed by atoms with van der Waals surface area (Å²) in [5, 5.41) is 3.00. The lowest BCUT2D eigenvalue weighted by atomic mass is 10.1. The molecule has 1 aliphatic carbocycles. The molecule has 2 aromatic heterocycles. The summed E-state index contributed by atoms with van der Waals surface area (Å²) in [4.78, 5) is 29.5. The molecule has 1 N–H and O–H groups in total. The standard InChI is InChI=1S/C21H23N3O5/c1-12-17(18-20(28-12)22-11-24(2)21(18)26)19(25)23-13-8-9-15(27-3)16(10-13)29-14-6-4-5-7-14/h8-11,14H,4-7H2,1-3H3,(H,23,25). The van der Waals surface area contributed by atoms with Crippen molar-refractivity contribution in [3.8, 4) is 11.5 Å². The molecule has 0 spiro atoms. The van der Waals surface area contributed by atoms with Crippen molar-refractivity contribution >= 4 is 22.7 Å². The first-order chi connectivity index (χ1) is 14.0. The molecule has 1 aliphatic rings. The van der Waals surface area contributed by atoms with Crippen LogP contribution in [0.25, 0.3) is 11.1 Å². The van der Waals surface area contributed by atoms with Crippen LogP contribution in [0.15, 0.2) is 33.7 Å². The number of ether oxygens (including phenoxy) is 2. The van der Waals surface area contributed by atoms with Crippen LogP contribution in [0.4, 0.5) is 5.69 Å². The van der Waals surface area contributed by atoms with E-state index < -0.39 is 5.91 Å². The summed E-state index contributed by atoms with van der Waals surface area (Å²) < 4.78 is 18.3. The summed E-state index contributed by atoms with van der Waals surface area (Å²) in [6.07, 6.45) is 5.85. The van der Waals surface area contributed by atoms with Crippen molar-refractivity contribution in [3.63, 3.8) is 0 Å². The lowest BCUT2D eigenvalue weighted by Gasteiger charge is -2.17. The van der Waals surface area contributed by atoms with Crippen molar-refractivity contribution in [2.75, 3.05) is 12.4 Å². The SMILES string of the molecule is COc1ccc(NC(=O)c2c(C)oc3ncn(C)c(=O)c23)cc1OC1CCCC1. The van der Waals surface area contributed by atoms with Crippen molar-refractivity contribution in [2.24, 2.45) is 7.05 Å². The molecular weight excluding hydrogens is 374 g/mol. The first kappa shape index (κ1) is 19.0. The van der Waals surface area contributed by atoms with Gasteiger partial charge in [-0.15, -0.1) is 0 Å². The number of hydrogen-bond donors (Lipinski definition) is 1. The number of nitrogens with one attached hydrogen (secondary N) is 1. The van der Waals surface area contributed by atoms with E-state index in [-0.39, 0.29) is 28.3 Å². The number of carbonyl (C=O) groups is 1. The molecule has 1 saturated carbocycles. The molecule has 2 heterocycles. The summed E-state index contributed by atoms with van der Waals surface area (Å²) in [6.45, 7) is 1.64. The van der Waals surface area contributed by atoms with Crippen LogP contribution in [0.1, 0.15) is 41.8 Å². The van der Waals surface area contributed by atoms with Crippen molar-refractivity contribution in [1.82, 2.24) is 9.55 Å². The zero-order valence-electron chi connectivity index (χ0n) is 16.7. The molecule has 0 radical (unpaired) electrons. The Morgan fingerprint density at radius 3 is 2.76 bits per heavy atom. The highest BCUT2D eigenvalue weighted by molar-refractivity contribution is 6.12. The topological polar surface area (TPSA) is 95.6 Å². The van der Waals surface area contributed by atoms with Crippen molar-refractivity contribution in [1.29, 1.82) is 0 Å². The third kappa shape index (κ3) is 3.57. The van der Waals surface area contributed by atoms with Gasteiger partial charge in [-0.05, 0) is 44.7 Å². The largest absolute Gasteiger partial charge is 0.493 e. The number of methoxy groups -OCH3 is 1. The number of fused-ring (bicyclic) bond motifs is 1. The summed E-state index contributed by atoms with van der Waals surface area (Å²) in [6, 6.07) is 5.22. The molecule has 0 bridgehead atoms. The number of carbonyl (C=O) groups excluding carboxylic acids is 1. The van der Waals surface area contributed by atoms with E-state index >= 15 is 0 Å². The predicted molar refractivity (Wildman–Crippen MR) is 108 cm³/mol. The molecule has 1 aromatic carbocycles. The van der Waals surface area contributed by atoms with E-state index in [2.05, 4.69) is 10.3 Å². The van der Waals surface area contributed by atoms with Gasteiger partial charge in [0.25, 0.3) is 11.5 Å². The fourth-order valence-electron chi connectivity index (χ4n) is 3.69. The van der Waals surface area contributed by atoms with Crippen LogP contribution in [0, 0.1) is 6.92 Å². The van der Waals surface area contributed by atoms with E-state index in [0.29, 0.717) is 22.9 Å². The van der Waals surface area contributed by atoms with Gasteiger partial charge >= 0.3 is 0 Å². The van der Waals surface area contributed by atoms with Crippen molar-refractivity contribution < 1.29 is 18.7 Å². The smallest absolute Gasteiger partial charge is 0.265 e. The quantitative estimate of drug-likeness (QED) is 0.709. The average Bonchev–Trinajstić information content (AvgIpc) is 3.32. The summed E-state index contributed by atoms with van der Waals surface area (Å²) >= 11 is 0. The number of amides is 1. The summed E-state index contributed by atoms with van der Waals surface area (Å²) in [5.41, 5.74) is 0.536. The predicted octanol–water partition coefficient (Wildman–Crippen LogP) is 3.42. The van der Waals surface area contributed by atoms with Crippen molar-refractivity contribution in [2.45, 2.75) is 38.7 Å². The van der Waals surface area contributed by atoms with Crippen LogP contribution in [0.2, 0.25) is 0 Å². The van der Waals surface area contributed by atoms with E-state index in [4.69, 9.17) is 13.9 Å². The Balaban J connectivity index is 1.65. The zero-order valence-corrected chi connectivity index (χ0v) is 16.7. The molecular formula is C21H23N3O5. The Bertz CT molecular complexity index is 1130. The maximum atomic E-state index is 13.0. The van der Waals surface area contributed by atoms with Gasteiger partial charge in [0.05, 0.1) is 18.8 Å². The highest BCUT2D eigenvalue weighted by atomic mass is 16.5. The van der Waals surface area contributed by atoms with Crippen LogP contribution in [0.5, 0.6) is 11.5 Å². The van der Waals surface area contributed by atoms with Crippen molar-refractivity contribution in [3.05, 3.63) is 46.2 Å². The van der Waals surface area contributed by atoms with Gasteiger partial charge in [0, 0.05) is 18.8 Å². The zero-order chi connectivity index (χ0) is 20.5. The molecule has 1 fully saturated rings. The number of benzene rings is 1. The third-order valence-corrected chi connectivity index (χ3v) is 5.19. The lowest BCUT2D eigenvalue weighted by Crippen LogP contribution is -2.20. The lowest BCUT2D eigenvalue weighted by molar-refractivity contribution is 0.102. The first-order valence-electron chi connectivity index (χ1n) is 9.58. The minimum atomic E-state index is -0.441. The van der Waals surface area contributed by atoms with Gasteiger partial charge in [-0.25, -0.2) is 4.98 Å². The number of hydrogen-bond acceptors (Lipinski definition) is 6. The van der Waals surface area contributed by atoms with E-state index in [9.17, 15) is 9.59 Å². The molecule has 0 unspecified atom stereocenters. The van der Waals surface area contributed by atoms with E-state index in [0.717, 1.165) is 25.7 Å². The summed E-state index contributed by atoms with van der Waals surface area (Å²) in [7, 11) is 3.16. The number of aryl methyl sites for hydroxylation is 2. The fraction of sp³-hybridized carbons (Fsp3) is 0.381. The Kier molecular flexibility index (Phi) is 5.00. The maximum Gasteiger partial charge on any atom is 0.265 e. The maximum absolute atomic E-state index is 13.0. The molecule has 8 nitrogen and oxygen atoms in total. The molecule has 29 heavy (non-hydrogen) atoms. The number of nitrogens with zero attached hydrogens (tertiary/aromatic N) is 2. The molecule has 0 aliphatic heterocycles. The Morgan fingerprint density at radius 2 is 2.03 bits per heavy atom. The fourth-order valence-corrected chi connectivity index (χ4v) is 3.69. The second-order valence-electron chi connectivity index (χ2n) is 7.22. The minimum absolute atomic E-state index is 0.149. The number of furan rings is 1. The highest BCUT2D eigenvalue weighted by Gasteiger charge is 2.23. The first-order valence-corrected chi connectivity index (χ1v) is 9.58. The van der Waals surface area contributed by atoms with Gasteiger partial charge in [0.2, 0.25) is 5.71 Å². The second kappa shape index (κ2) is 7.62. The molecule has 152 valence electrons. The highest BCUT2D eigenvalue weighted by Crippen LogP contribution is 2.34. The van der Waals surface area contributed by atoms with Crippen LogP contribution >= 0.6 is 0 Å². The molecule has 4 rings (SSSR count). The minimum Gasteiger partial charge on any atom is -0.493 e. The third-order valence-electron chi connectivity index (χ3n) is 5.19. The van der Waals surface area contributed by atoms with Gasteiger partial charge in [-0.3, -0.25) is 9.59 Å². The second-order valence-corrected chi connectivity index (χ2v) is 7.22. The van der Waals surface area contributed by atoms with Gasteiger partial charge < -0.3 is 23.8 Å². The van der Waals surface area contributed by atoms with Gasteiger partial charge in [0.1, 0.15) is 17.5 Å². The number of anilines is 1. The van der Waals surface area contributed by atoms with Crippen LogP contribution < -0.4 is 20.3 Å². The summed E-state index contributed by atoms with van der Waals surface area (Å²) in [5.74, 6) is 1.09. The molecule has 8 heteroatoms. The Morgan fingerprint density at radius 1 is 1.28 bits per heavy atom. The molecule has 1 amide bonds. The van der Waals surface area contributed by atoms with E-state index in [1.807, 2.05) is 0 Å². The van der Waals surface area contributed by atoms with Crippen LogP contribution in [-0.2, 0) is 7.05 Å². The molecule has 0 atom stereocenters. The Hall–Kier alpha value is -3.29.